The molecule has 2 aromatic rings. The van der Waals surface area contributed by atoms with E-state index in [-0.39, 0.29) is 5.91 Å². The van der Waals surface area contributed by atoms with Gasteiger partial charge in [0.15, 0.2) is 0 Å². The Morgan fingerprint density at radius 1 is 1.21 bits per heavy atom. The fourth-order valence-electron chi connectivity index (χ4n) is 2.50. The molecule has 1 aromatic heterocycles. The summed E-state index contributed by atoms with van der Waals surface area (Å²) in [6, 6.07) is 9.52. The fourth-order valence-corrected chi connectivity index (χ4v) is 2.50. The molecule has 0 bridgehead atoms. The van der Waals surface area contributed by atoms with Crippen molar-refractivity contribution in [3.63, 3.8) is 0 Å². The molecule has 0 atom stereocenters. The van der Waals surface area contributed by atoms with E-state index in [1.807, 2.05) is 24.3 Å². The maximum Gasteiger partial charge on any atom is 0.270 e. The van der Waals surface area contributed by atoms with Gasteiger partial charge >= 0.3 is 0 Å². The number of para-hydroxylation sites is 1. The van der Waals surface area contributed by atoms with E-state index in [2.05, 4.69) is 34.0 Å². The Balaban J connectivity index is 1.96. The average molecular weight is 328 g/mol. The van der Waals surface area contributed by atoms with Gasteiger partial charge in [0, 0.05) is 25.7 Å². The number of aromatic nitrogens is 2. The molecular formula is C18H24N4O2. The largest absolute Gasteiger partial charge is 0.496 e. The minimum atomic E-state index is -0.194. The summed E-state index contributed by atoms with van der Waals surface area (Å²) in [7, 11) is 1.65. The maximum atomic E-state index is 12.3. The number of hydrogen-bond donors (Lipinski definition) is 1. The lowest BCUT2D eigenvalue weighted by molar-refractivity contribution is 0.0949. The number of carbonyl (C=O) groups is 1. The molecule has 0 saturated heterocycles. The van der Waals surface area contributed by atoms with E-state index in [9.17, 15) is 4.79 Å². The van der Waals surface area contributed by atoms with E-state index < -0.39 is 0 Å². The molecule has 1 amide bonds. The summed E-state index contributed by atoms with van der Waals surface area (Å²) in [6.45, 7) is 6.30. The summed E-state index contributed by atoms with van der Waals surface area (Å²) in [5.41, 5.74) is 1.44. The minimum Gasteiger partial charge on any atom is -0.496 e. The van der Waals surface area contributed by atoms with Crippen molar-refractivity contribution in [1.82, 2.24) is 15.3 Å². The van der Waals surface area contributed by atoms with E-state index in [4.69, 9.17) is 4.74 Å². The molecule has 0 saturated carbocycles. The van der Waals surface area contributed by atoms with Crippen molar-refractivity contribution >= 4 is 11.7 Å². The Morgan fingerprint density at radius 2 is 1.96 bits per heavy atom. The van der Waals surface area contributed by atoms with Gasteiger partial charge in [-0.05, 0) is 31.9 Å². The first-order valence-electron chi connectivity index (χ1n) is 8.16. The number of ether oxygens (including phenoxy) is 1. The van der Waals surface area contributed by atoms with Gasteiger partial charge in [0.1, 0.15) is 23.6 Å². The summed E-state index contributed by atoms with van der Waals surface area (Å²) in [5, 5.41) is 2.90. The third-order valence-corrected chi connectivity index (χ3v) is 3.85. The molecule has 0 aliphatic rings. The van der Waals surface area contributed by atoms with Crippen LogP contribution < -0.4 is 15.0 Å². The van der Waals surface area contributed by atoms with E-state index in [1.54, 1.807) is 13.2 Å². The SMILES string of the molecule is CCN(CC)c1cc(C(=O)NCCc2ccccc2OC)ncn1. The summed E-state index contributed by atoms with van der Waals surface area (Å²) >= 11 is 0. The molecule has 0 aliphatic carbocycles. The van der Waals surface area contributed by atoms with Crippen molar-refractivity contribution in [1.29, 1.82) is 0 Å². The summed E-state index contributed by atoms with van der Waals surface area (Å²) in [5.74, 6) is 1.41. The van der Waals surface area contributed by atoms with E-state index in [0.29, 0.717) is 18.7 Å². The minimum absolute atomic E-state index is 0.194. The van der Waals surface area contributed by atoms with Crippen molar-refractivity contribution in [2.75, 3.05) is 31.6 Å². The van der Waals surface area contributed by atoms with Gasteiger partial charge in [-0.3, -0.25) is 4.79 Å². The average Bonchev–Trinajstić information content (AvgIpc) is 2.63. The van der Waals surface area contributed by atoms with Crippen LogP contribution in [-0.2, 0) is 6.42 Å². The van der Waals surface area contributed by atoms with Gasteiger partial charge in [-0.15, -0.1) is 0 Å². The van der Waals surface area contributed by atoms with Crippen molar-refractivity contribution in [2.45, 2.75) is 20.3 Å². The number of methoxy groups -OCH3 is 1. The Bertz CT molecular complexity index is 672. The van der Waals surface area contributed by atoms with Gasteiger partial charge in [0.2, 0.25) is 0 Å². The molecule has 6 heteroatoms. The van der Waals surface area contributed by atoms with E-state index in [0.717, 1.165) is 30.2 Å². The second-order valence-electron chi connectivity index (χ2n) is 5.25. The number of anilines is 1. The molecule has 0 radical (unpaired) electrons. The molecule has 0 aliphatic heterocycles. The van der Waals surface area contributed by atoms with Crippen LogP contribution in [0.15, 0.2) is 36.7 Å². The molecule has 1 N–H and O–H groups in total. The smallest absolute Gasteiger partial charge is 0.270 e. The van der Waals surface area contributed by atoms with Crippen LogP contribution in [0.1, 0.15) is 29.9 Å². The molecule has 6 nitrogen and oxygen atoms in total. The van der Waals surface area contributed by atoms with Gasteiger partial charge < -0.3 is 15.0 Å². The molecular weight excluding hydrogens is 304 g/mol. The first-order valence-corrected chi connectivity index (χ1v) is 8.16. The first-order chi connectivity index (χ1) is 11.7. The van der Waals surface area contributed by atoms with Crippen LogP contribution >= 0.6 is 0 Å². The second kappa shape index (κ2) is 8.86. The second-order valence-corrected chi connectivity index (χ2v) is 5.25. The standard InChI is InChI=1S/C18H24N4O2/c1-4-22(5-2)17-12-15(20-13-21-17)18(23)19-11-10-14-8-6-7-9-16(14)24-3/h6-9,12-13H,4-5,10-11H2,1-3H3,(H,19,23). The van der Waals surface area contributed by atoms with Crippen LogP contribution in [0, 0.1) is 0 Å². The number of nitrogens with one attached hydrogen (secondary N) is 1. The van der Waals surface area contributed by atoms with Crippen molar-refractivity contribution in [3.8, 4) is 5.75 Å². The lowest BCUT2D eigenvalue weighted by atomic mass is 10.1. The van der Waals surface area contributed by atoms with E-state index >= 15 is 0 Å². The summed E-state index contributed by atoms with van der Waals surface area (Å²) in [6.07, 6.45) is 2.13. The summed E-state index contributed by atoms with van der Waals surface area (Å²) < 4.78 is 5.32. The highest BCUT2D eigenvalue weighted by Crippen LogP contribution is 2.17. The molecule has 0 fully saturated rings. The first kappa shape index (κ1) is 17.7. The zero-order valence-corrected chi connectivity index (χ0v) is 14.5. The van der Waals surface area contributed by atoms with Crippen LogP contribution in [0.25, 0.3) is 0 Å². The Morgan fingerprint density at radius 3 is 2.67 bits per heavy atom. The molecule has 2 rings (SSSR count). The van der Waals surface area contributed by atoms with E-state index in [1.165, 1.54) is 6.33 Å². The van der Waals surface area contributed by atoms with Gasteiger partial charge in [-0.2, -0.15) is 0 Å². The van der Waals surface area contributed by atoms with Crippen LogP contribution in [0.5, 0.6) is 5.75 Å². The number of carbonyl (C=O) groups excluding carboxylic acids is 1. The Labute approximate surface area is 142 Å². The number of nitrogens with zero attached hydrogens (tertiary/aromatic N) is 3. The molecule has 128 valence electrons. The van der Waals surface area contributed by atoms with Gasteiger partial charge in [0.05, 0.1) is 7.11 Å². The van der Waals surface area contributed by atoms with Crippen molar-refractivity contribution < 1.29 is 9.53 Å². The van der Waals surface area contributed by atoms with Crippen LogP contribution in [0.4, 0.5) is 5.82 Å². The zero-order chi connectivity index (χ0) is 17.4. The number of benzene rings is 1. The number of hydrogen-bond acceptors (Lipinski definition) is 5. The third-order valence-electron chi connectivity index (χ3n) is 3.85. The normalized spacial score (nSPS) is 10.3. The fraction of sp³-hybridized carbons (Fsp3) is 0.389. The Hall–Kier alpha value is -2.63. The lowest BCUT2D eigenvalue weighted by Crippen LogP contribution is -2.28. The molecule has 0 unspecified atom stereocenters. The van der Waals surface area contributed by atoms with Gasteiger partial charge in [-0.25, -0.2) is 9.97 Å². The predicted molar refractivity (Wildman–Crippen MR) is 94.6 cm³/mol. The molecule has 1 heterocycles. The van der Waals surface area contributed by atoms with Crippen LogP contribution in [-0.4, -0.2) is 42.6 Å². The maximum absolute atomic E-state index is 12.3. The quantitative estimate of drug-likeness (QED) is 0.805. The Kier molecular flexibility index (Phi) is 6.54. The van der Waals surface area contributed by atoms with Crippen LogP contribution in [0.2, 0.25) is 0 Å². The van der Waals surface area contributed by atoms with Gasteiger partial charge in [0.25, 0.3) is 5.91 Å². The monoisotopic (exact) mass is 328 g/mol. The third kappa shape index (κ3) is 4.44. The molecule has 24 heavy (non-hydrogen) atoms. The summed E-state index contributed by atoms with van der Waals surface area (Å²) in [4.78, 5) is 22.7. The van der Waals surface area contributed by atoms with Gasteiger partial charge in [-0.1, -0.05) is 18.2 Å². The van der Waals surface area contributed by atoms with Crippen molar-refractivity contribution in [3.05, 3.63) is 47.9 Å². The number of amides is 1. The van der Waals surface area contributed by atoms with Crippen LogP contribution in [0.3, 0.4) is 0 Å². The highest BCUT2D eigenvalue weighted by Gasteiger charge is 2.11. The lowest BCUT2D eigenvalue weighted by Gasteiger charge is -2.19. The highest BCUT2D eigenvalue weighted by molar-refractivity contribution is 5.92. The predicted octanol–water partition coefficient (Wildman–Crippen LogP) is 2.30. The zero-order valence-electron chi connectivity index (χ0n) is 14.5. The van der Waals surface area contributed by atoms with Crippen molar-refractivity contribution in [2.24, 2.45) is 0 Å². The highest BCUT2D eigenvalue weighted by atomic mass is 16.5. The molecule has 1 aromatic carbocycles. The number of rotatable bonds is 8. The topological polar surface area (TPSA) is 67.4 Å². The molecule has 0 spiro atoms.